The van der Waals surface area contributed by atoms with Crippen molar-refractivity contribution in [3.8, 4) is 0 Å². The first-order chi connectivity index (χ1) is 7.07. The smallest absolute Gasteiger partial charge is 0.314 e. The summed E-state index contributed by atoms with van der Waals surface area (Å²) in [5, 5.41) is 5.34. The Labute approximate surface area is 91.2 Å². The lowest BCUT2D eigenvalue weighted by Crippen LogP contribution is -2.38. The predicted molar refractivity (Wildman–Crippen MR) is 59.6 cm³/mol. The minimum absolute atomic E-state index is 0.0175. The Hall–Kier alpha value is -1.26. The number of rotatable bonds is 6. The van der Waals surface area contributed by atoms with Gasteiger partial charge in [-0.1, -0.05) is 13.3 Å². The number of carbonyl (C=O) groups is 2. The van der Waals surface area contributed by atoms with Crippen molar-refractivity contribution in [2.24, 2.45) is 0 Å². The van der Waals surface area contributed by atoms with Crippen LogP contribution in [0.25, 0.3) is 0 Å². The van der Waals surface area contributed by atoms with E-state index in [-0.39, 0.29) is 11.9 Å². The highest BCUT2D eigenvalue weighted by Gasteiger charge is 2.04. The van der Waals surface area contributed by atoms with E-state index in [9.17, 15) is 9.59 Å². The molecule has 0 aromatic rings. The summed E-state index contributed by atoms with van der Waals surface area (Å²) >= 11 is 0. The Kier molecular flexibility index (Phi) is 7.40. The molecule has 88 valence electrons. The summed E-state index contributed by atoms with van der Waals surface area (Å²) in [5.74, 6) is 0.0175. The number of hydrogen-bond acceptors (Lipinski definition) is 2. The molecule has 0 aromatic carbocycles. The van der Waals surface area contributed by atoms with Gasteiger partial charge in [0.25, 0.3) is 0 Å². The van der Waals surface area contributed by atoms with Gasteiger partial charge in [-0.05, 0) is 6.42 Å². The third-order valence-corrected chi connectivity index (χ3v) is 1.94. The second-order valence-electron chi connectivity index (χ2n) is 3.57. The quantitative estimate of drug-likeness (QED) is 0.636. The molecular formula is C10H21N3O2. The zero-order valence-corrected chi connectivity index (χ0v) is 9.80. The van der Waals surface area contributed by atoms with Gasteiger partial charge < -0.3 is 15.5 Å². The molecule has 0 fully saturated rings. The predicted octanol–water partition coefficient (Wildman–Crippen LogP) is 0.564. The number of nitrogens with one attached hydrogen (secondary N) is 2. The van der Waals surface area contributed by atoms with E-state index in [0.717, 1.165) is 12.8 Å². The Morgan fingerprint density at radius 2 is 1.73 bits per heavy atom. The van der Waals surface area contributed by atoms with Crippen molar-refractivity contribution in [2.75, 3.05) is 27.2 Å². The highest BCUT2D eigenvalue weighted by Crippen LogP contribution is 1.85. The van der Waals surface area contributed by atoms with Gasteiger partial charge in [-0.15, -0.1) is 0 Å². The van der Waals surface area contributed by atoms with Gasteiger partial charge in [-0.2, -0.15) is 0 Å². The average molecular weight is 215 g/mol. The lowest BCUT2D eigenvalue weighted by molar-refractivity contribution is -0.128. The van der Waals surface area contributed by atoms with Crippen LogP contribution in [0.4, 0.5) is 4.79 Å². The number of urea groups is 1. The highest BCUT2D eigenvalue weighted by atomic mass is 16.2. The standard InChI is InChI=1S/C10H21N3O2/c1-4-5-7-11-10(15)12-8-6-9(14)13(2)3/h4-8H2,1-3H3,(H2,11,12,15). The fourth-order valence-electron chi connectivity index (χ4n) is 0.948. The maximum atomic E-state index is 11.1. The Morgan fingerprint density at radius 1 is 1.13 bits per heavy atom. The first kappa shape index (κ1) is 13.7. The average Bonchev–Trinajstić information content (AvgIpc) is 2.18. The summed E-state index contributed by atoms with van der Waals surface area (Å²) in [6, 6.07) is -0.199. The van der Waals surface area contributed by atoms with Crippen LogP contribution in [0.2, 0.25) is 0 Å². The van der Waals surface area contributed by atoms with Crippen LogP contribution in [0.5, 0.6) is 0 Å². The fraction of sp³-hybridized carbons (Fsp3) is 0.800. The Balaban J connectivity index is 3.42. The van der Waals surface area contributed by atoms with Crippen LogP contribution in [0.3, 0.4) is 0 Å². The molecule has 0 bridgehead atoms. The number of carbonyl (C=O) groups excluding carboxylic acids is 2. The van der Waals surface area contributed by atoms with Crippen molar-refractivity contribution in [3.63, 3.8) is 0 Å². The minimum atomic E-state index is -0.199. The van der Waals surface area contributed by atoms with Gasteiger partial charge in [-0.3, -0.25) is 4.79 Å². The van der Waals surface area contributed by atoms with Crippen molar-refractivity contribution in [2.45, 2.75) is 26.2 Å². The van der Waals surface area contributed by atoms with E-state index >= 15 is 0 Å². The maximum Gasteiger partial charge on any atom is 0.314 e. The molecule has 0 radical (unpaired) electrons. The van der Waals surface area contributed by atoms with E-state index in [1.807, 2.05) is 0 Å². The fourth-order valence-corrected chi connectivity index (χ4v) is 0.948. The molecule has 0 aliphatic rings. The molecule has 0 spiro atoms. The molecule has 15 heavy (non-hydrogen) atoms. The van der Waals surface area contributed by atoms with Crippen LogP contribution in [0.15, 0.2) is 0 Å². The van der Waals surface area contributed by atoms with Gasteiger partial charge in [0, 0.05) is 33.6 Å². The largest absolute Gasteiger partial charge is 0.349 e. The number of nitrogens with zero attached hydrogens (tertiary/aromatic N) is 1. The molecule has 0 heterocycles. The van der Waals surface area contributed by atoms with Gasteiger partial charge in [-0.25, -0.2) is 4.79 Å². The molecule has 5 heteroatoms. The zero-order valence-electron chi connectivity index (χ0n) is 9.80. The molecule has 0 aromatic heterocycles. The second-order valence-corrected chi connectivity index (χ2v) is 3.57. The minimum Gasteiger partial charge on any atom is -0.349 e. The van der Waals surface area contributed by atoms with E-state index < -0.39 is 0 Å². The van der Waals surface area contributed by atoms with E-state index in [2.05, 4.69) is 17.6 Å². The molecule has 0 atom stereocenters. The molecule has 0 saturated heterocycles. The number of amides is 3. The van der Waals surface area contributed by atoms with E-state index in [1.165, 1.54) is 4.90 Å². The van der Waals surface area contributed by atoms with Crippen molar-refractivity contribution < 1.29 is 9.59 Å². The van der Waals surface area contributed by atoms with Gasteiger partial charge in [0.05, 0.1) is 0 Å². The summed E-state index contributed by atoms with van der Waals surface area (Å²) in [6.07, 6.45) is 2.37. The van der Waals surface area contributed by atoms with Crippen LogP contribution in [-0.4, -0.2) is 44.0 Å². The number of unbranched alkanes of at least 4 members (excludes halogenated alkanes) is 1. The molecule has 5 nitrogen and oxygen atoms in total. The molecule has 0 aliphatic heterocycles. The lowest BCUT2D eigenvalue weighted by Gasteiger charge is -2.10. The molecule has 0 saturated carbocycles. The first-order valence-corrected chi connectivity index (χ1v) is 5.29. The summed E-state index contributed by atoms with van der Waals surface area (Å²) in [4.78, 5) is 23.8. The zero-order chi connectivity index (χ0) is 11.7. The monoisotopic (exact) mass is 215 g/mol. The first-order valence-electron chi connectivity index (χ1n) is 5.29. The topological polar surface area (TPSA) is 61.4 Å². The molecule has 0 unspecified atom stereocenters. The van der Waals surface area contributed by atoms with Crippen LogP contribution in [-0.2, 0) is 4.79 Å². The third kappa shape index (κ3) is 7.78. The summed E-state index contributed by atoms with van der Waals surface area (Å²) in [6.45, 7) is 3.13. The van der Waals surface area contributed by atoms with Crippen LogP contribution in [0.1, 0.15) is 26.2 Å². The molecular weight excluding hydrogens is 194 g/mol. The van der Waals surface area contributed by atoms with E-state index in [0.29, 0.717) is 19.5 Å². The second kappa shape index (κ2) is 8.08. The van der Waals surface area contributed by atoms with Crippen LogP contribution < -0.4 is 10.6 Å². The van der Waals surface area contributed by atoms with Crippen molar-refractivity contribution >= 4 is 11.9 Å². The third-order valence-electron chi connectivity index (χ3n) is 1.94. The normalized spacial score (nSPS) is 9.53. The molecule has 0 rings (SSSR count). The van der Waals surface area contributed by atoms with Gasteiger partial charge >= 0.3 is 6.03 Å². The van der Waals surface area contributed by atoms with E-state index in [4.69, 9.17) is 0 Å². The highest BCUT2D eigenvalue weighted by molar-refractivity contribution is 5.77. The Morgan fingerprint density at radius 3 is 2.27 bits per heavy atom. The lowest BCUT2D eigenvalue weighted by atomic mass is 10.3. The number of hydrogen-bond donors (Lipinski definition) is 2. The van der Waals surface area contributed by atoms with Crippen molar-refractivity contribution in [3.05, 3.63) is 0 Å². The molecule has 3 amide bonds. The summed E-state index contributed by atoms with van der Waals surface area (Å²) < 4.78 is 0. The van der Waals surface area contributed by atoms with Gasteiger partial charge in [0.1, 0.15) is 0 Å². The van der Waals surface area contributed by atoms with Crippen LogP contribution >= 0.6 is 0 Å². The maximum absolute atomic E-state index is 11.1. The van der Waals surface area contributed by atoms with Crippen LogP contribution in [0, 0.1) is 0 Å². The summed E-state index contributed by atoms with van der Waals surface area (Å²) in [7, 11) is 3.40. The van der Waals surface area contributed by atoms with Gasteiger partial charge in [0.2, 0.25) is 5.91 Å². The van der Waals surface area contributed by atoms with Crippen molar-refractivity contribution in [1.82, 2.24) is 15.5 Å². The van der Waals surface area contributed by atoms with E-state index in [1.54, 1.807) is 14.1 Å². The molecule has 2 N–H and O–H groups in total. The molecule has 0 aliphatic carbocycles. The Bertz CT molecular complexity index is 205. The summed E-state index contributed by atoms with van der Waals surface area (Å²) in [5.41, 5.74) is 0. The van der Waals surface area contributed by atoms with Crippen molar-refractivity contribution in [1.29, 1.82) is 0 Å². The SMILES string of the molecule is CCCCNC(=O)NCCC(=O)N(C)C. The van der Waals surface area contributed by atoms with Gasteiger partial charge in [0.15, 0.2) is 0 Å².